The summed E-state index contributed by atoms with van der Waals surface area (Å²) in [6, 6.07) is 6.29. The molecule has 0 atom stereocenters. The number of halogens is 2. The number of rotatable bonds is 4. The lowest BCUT2D eigenvalue weighted by Gasteiger charge is -2.07. The Hall–Kier alpha value is -1.62. The van der Waals surface area contributed by atoms with E-state index >= 15 is 0 Å². The van der Waals surface area contributed by atoms with Crippen molar-refractivity contribution in [2.75, 3.05) is 6.61 Å². The van der Waals surface area contributed by atoms with Crippen LogP contribution in [-0.2, 0) is 7.05 Å². The molecule has 0 radical (unpaired) electrons. The molecule has 0 aliphatic carbocycles. The van der Waals surface area contributed by atoms with Gasteiger partial charge in [0, 0.05) is 28.5 Å². The van der Waals surface area contributed by atoms with Crippen molar-refractivity contribution >= 4 is 21.7 Å². The summed E-state index contributed by atoms with van der Waals surface area (Å²) in [6.07, 6.45) is 0. The second-order valence-corrected chi connectivity index (χ2v) is 5.55. The highest BCUT2D eigenvalue weighted by atomic mass is 79.9. The molecular formula is C15H15BrFNO2. The number of aromatic nitrogens is 1. The van der Waals surface area contributed by atoms with Crippen molar-refractivity contribution in [1.29, 1.82) is 0 Å². The summed E-state index contributed by atoms with van der Waals surface area (Å²) in [6.45, 7) is 3.63. The van der Waals surface area contributed by atoms with Gasteiger partial charge in [0.2, 0.25) is 5.78 Å². The molecule has 0 N–H and O–H groups in total. The van der Waals surface area contributed by atoms with Crippen LogP contribution in [0, 0.1) is 19.7 Å². The minimum atomic E-state index is -0.492. The van der Waals surface area contributed by atoms with Gasteiger partial charge in [-0.2, -0.15) is 0 Å². The summed E-state index contributed by atoms with van der Waals surface area (Å²) >= 11 is 3.17. The minimum absolute atomic E-state index is 0.0758. The number of ketones is 1. The van der Waals surface area contributed by atoms with E-state index < -0.39 is 5.82 Å². The van der Waals surface area contributed by atoms with Gasteiger partial charge in [-0.05, 0) is 38.1 Å². The Bertz CT molecular complexity index is 664. The molecule has 2 aromatic rings. The monoisotopic (exact) mass is 339 g/mol. The Morgan fingerprint density at radius 2 is 2.05 bits per heavy atom. The fourth-order valence-electron chi connectivity index (χ4n) is 1.95. The van der Waals surface area contributed by atoms with Crippen molar-refractivity contribution in [3.8, 4) is 5.75 Å². The van der Waals surface area contributed by atoms with E-state index in [4.69, 9.17) is 4.74 Å². The maximum atomic E-state index is 13.6. The van der Waals surface area contributed by atoms with Gasteiger partial charge in [0.05, 0.1) is 0 Å². The van der Waals surface area contributed by atoms with Crippen molar-refractivity contribution < 1.29 is 13.9 Å². The van der Waals surface area contributed by atoms with Crippen LogP contribution in [-0.4, -0.2) is 17.0 Å². The van der Waals surface area contributed by atoms with Crippen LogP contribution in [0.25, 0.3) is 0 Å². The van der Waals surface area contributed by atoms with E-state index in [1.165, 1.54) is 12.1 Å². The Morgan fingerprint density at radius 1 is 1.35 bits per heavy atom. The molecule has 0 bridgehead atoms. The van der Waals surface area contributed by atoms with Crippen LogP contribution in [0.4, 0.5) is 4.39 Å². The Labute approximate surface area is 125 Å². The van der Waals surface area contributed by atoms with E-state index in [0.29, 0.717) is 10.0 Å². The first-order valence-corrected chi connectivity index (χ1v) is 6.93. The fourth-order valence-corrected chi connectivity index (χ4v) is 2.28. The fraction of sp³-hybridized carbons (Fsp3) is 0.267. The highest BCUT2D eigenvalue weighted by molar-refractivity contribution is 9.10. The number of carbonyl (C=O) groups is 1. The number of hydrogen-bond acceptors (Lipinski definition) is 2. The molecule has 0 aliphatic heterocycles. The largest absolute Gasteiger partial charge is 0.482 e. The molecule has 5 heteroatoms. The number of Topliss-reactive ketones (excluding diaryl/α,β-unsaturated/α-hetero) is 1. The normalized spacial score (nSPS) is 10.7. The van der Waals surface area contributed by atoms with Gasteiger partial charge in [-0.15, -0.1) is 0 Å². The molecule has 0 aliphatic rings. The number of nitrogens with zero attached hydrogens (tertiary/aromatic N) is 1. The number of hydrogen-bond donors (Lipinski definition) is 0. The smallest absolute Gasteiger partial charge is 0.202 e. The summed E-state index contributed by atoms with van der Waals surface area (Å²) in [5, 5.41) is 0. The lowest BCUT2D eigenvalue weighted by Crippen LogP contribution is -2.13. The standard InChI is InChI=1S/C15H15BrFNO2/c1-9-6-12(10(2)18(9)3)14(19)8-20-15-5-4-11(16)7-13(15)17/h4-7H,8H2,1-3H3. The van der Waals surface area contributed by atoms with E-state index in [1.54, 1.807) is 6.07 Å². The van der Waals surface area contributed by atoms with Crippen LogP contribution in [0.1, 0.15) is 21.7 Å². The zero-order valence-electron chi connectivity index (χ0n) is 11.5. The van der Waals surface area contributed by atoms with Crippen LogP contribution in [0.5, 0.6) is 5.75 Å². The lowest BCUT2D eigenvalue weighted by molar-refractivity contribution is 0.0918. The molecule has 0 unspecified atom stereocenters. The topological polar surface area (TPSA) is 31.2 Å². The summed E-state index contributed by atoms with van der Waals surface area (Å²) in [5.41, 5.74) is 2.50. The van der Waals surface area contributed by atoms with Crippen molar-refractivity contribution in [2.45, 2.75) is 13.8 Å². The van der Waals surface area contributed by atoms with Crippen molar-refractivity contribution in [3.63, 3.8) is 0 Å². The molecule has 106 valence electrons. The molecule has 0 fully saturated rings. The Kier molecular flexibility index (Phi) is 4.28. The summed E-state index contributed by atoms with van der Waals surface area (Å²) in [7, 11) is 1.90. The number of aryl methyl sites for hydroxylation is 1. The van der Waals surface area contributed by atoms with Gasteiger partial charge < -0.3 is 9.30 Å². The summed E-state index contributed by atoms with van der Waals surface area (Å²) < 4.78 is 21.4. The van der Waals surface area contributed by atoms with Crippen LogP contribution >= 0.6 is 15.9 Å². The van der Waals surface area contributed by atoms with Gasteiger partial charge in [-0.25, -0.2) is 4.39 Å². The van der Waals surface area contributed by atoms with Gasteiger partial charge in [-0.3, -0.25) is 4.79 Å². The van der Waals surface area contributed by atoms with E-state index in [9.17, 15) is 9.18 Å². The Balaban J connectivity index is 2.10. The summed E-state index contributed by atoms with van der Waals surface area (Å²) in [4.78, 5) is 12.1. The van der Waals surface area contributed by atoms with E-state index in [-0.39, 0.29) is 18.1 Å². The molecule has 1 aromatic heterocycles. The highest BCUT2D eigenvalue weighted by Gasteiger charge is 2.15. The van der Waals surface area contributed by atoms with Gasteiger partial charge >= 0.3 is 0 Å². The predicted octanol–water partition coefficient (Wildman–Crippen LogP) is 3.81. The number of carbonyl (C=O) groups excluding carboxylic acids is 1. The Morgan fingerprint density at radius 3 is 2.60 bits per heavy atom. The molecule has 0 saturated heterocycles. The molecule has 1 heterocycles. The van der Waals surface area contributed by atoms with Crippen LogP contribution < -0.4 is 4.74 Å². The average molecular weight is 340 g/mol. The maximum absolute atomic E-state index is 13.6. The first-order valence-electron chi connectivity index (χ1n) is 6.14. The predicted molar refractivity (Wildman–Crippen MR) is 78.8 cm³/mol. The number of benzene rings is 1. The van der Waals surface area contributed by atoms with Crippen molar-refractivity contribution in [1.82, 2.24) is 4.57 Å². The molecule has 2 rings (SSSR count). The van der Waals surface area contributed by atoms with Crippen LogP contribution in [0.15, 0.2) is 28.7 Å². The zero-order valence-corrected chi connectivity index (χ0v) is 13.1. The molecule has 0 amide bonds. The van der Waals surface area contributed by atoms with E-state index in [0.717, 1.165) is 11.4 Å². The highest BCUT2D eigenvalue weighted by Crippen LogP contribution is 2.22. The second-order valence-electron chi connectivity index (χ2n) is 4.63. The second kappa shape index (κ2) is 5.79. The van der Waals surface area contributed by atoms with Gasteiger partial charge in [0.25, 0.3) is 0 Å². The zero-order chi connectivity index (χ0) is 14.9. The van der Waals surface area contributed by atoms with E-state index in [2.05, 4.69) is 15.9 Å². The van der Waals surface area contributed by atoms with Gasteiger partial charge in [0.1, 0.15) is 0 Å². The SMILES string of the molecule is Cc1cc(C(=O)COc2ccc(Br)cc2F)c(C)n1C. The van der Waals surface area contributed by atoms with E-state index in [1.807, 2.05) is 31.5 Å². The van der Waals surface area contributed by atoms with Crippen LogP contribution in [0.2, 0.25) is 0 Å². The summed E-state index contributed by atoms with van der Waals surface area (Å²) in [5.74, 6) is -0.575. The third-order valence-electron chi connectivity index (χ3n) is 3.33. The molecule has 0 spiro atoms. The average Bonchev–Trinajstić information content (AvgIpc) is 2.65. The number of ether oxygens (including phenoxy) is 1. The van der Waals surface area contributed by atoms with Gasteiger partial charge in [-0.1, -0.05) is 15.9 Å². The minimum Gasteiger partial charge on any atom is -0.482 e. The quantitative estimate of drug-likeness (QED) is 0.793. The maximum Gasteiger partial charge on any atom is 0.202 e. The molecule has 1 aromatic carbocycles. The lowest BCUT2D eigenvalue weighted by atomic mass is 10.1. The molecular weight excluding hydrogens is 325 g/mol. The first kappa shape index (κ1) is 14.8. The van der Waals surface area contributed by atoms with Gasteiger partial charge in [0.15, 0.2) is 18.2 Å². The molecule has 0 saturated carbocycles. The van der Waals surface area contributed by atoms with Crippen LogP contribution in [0.3, 0.4) is 0 Å². The van der Waals surface area contributed by atoms with Crippen molar-refractivity contribution in [2.24, 2.45) is 7.05 Å². The third-order valence-corrected chi connectivity index (χ3v) is 3.82. The molecule has 3 nitrogen and oxygen atoms in total. The van der Waals surface area contributed by atoms with Crippen molar-refractivity contribution in [3.05, 3.63) is 51.5 Å². The first-order chi connectivity index (χ1) is 9.40. The third kappa shape index (κ3) is 2.93. The molecule has 20 heavy (non-hydrogen) atoms.